The van der Waals surface area contributed by atoms with Crippen molar-refractivity contribution in [3.63, 3.8) is 0 Å². The van der Waals surface area contributed by atoms with Crippen LogP contribution in [0.25, 0.3) is 123 Å². The fourth-order valence-corrected chi connectivity index (χ4v) is 9.56. The molecule has 0 saturated heterocycles. The van der Waals surface area contributed by atoms with Crippen LogP contribution in [0.4, 0.5) is 0 Å². The van der Waals surface area contributed by atoms with Crippen molar-refractivity contribution in [3.8, 4) is 118 Å². The van der Waals surface area contributed by atoms with Crippen LogP contribution in [-0.2, 0) is 0 Å². The van der Waals surface area contributed by atoms with E-state index in [0.717, 1.165) is 66.8 Å². The number of aromatic nitrogens is 3. The van der Waals surface area contributed by atoms with E-state index in [0.29, 0.717) is 23.0 Å². The minimum atomic E-state index is 0.592. The third-order valence-electron chi connectivity index (χ3n) is 12.7. The van der Waals surface area contributed by atoms with E-state index in [-0.39, 0.29) is 0 Å². The van der Waals surface area contributed by atoms with Gasteiger partial charge in [-0.3, -0.25) is 0 Å². The molecular formula is C62H38N4. The molecule has 0 bridgehead atoms. The van der Waals surface area contributed by atoms with Crippen molar-refractivity contribution in [2.75, 3.05) is 0 Å². The van der Waals surface area contributed by atoms with Crippen molar-refractivity contribution in [1.82, 2.24) is 15.0 Å². The molecule has 11 aromatic rings. The molecule has 10 aromatic carbocycles. The normalized spacial score (nSPS) is 11.3. The van der Waals surface area contributed by atoms with Crippen molar-refractivity contribution in [1.29, 1.82) is 5.26 Å². The van der Waals surface area contributed by atoms with Crippen LogP contribution in [0.5, 0.6) is 0 Å². The summed E-state index contributed by atoms with van der Waals surface area (Å²) in [5.41, 5.74) is 19.1. The highest BCUT2D eigenvalue weighted by Crippen LogP contribution is 2.51. The SMILES string of the molecule is N#Cc1ccc(-c2ccc(-c3nc(-c4ccccc4)nc(-c4cccc(-c5ccccc5)c4)n3)cc2)cc1-c1ccccc1-c1cccc(-c2ccc3cccc4c3c2-c2ccccc2-4)c1. The number of rotatable bonds is 8. The second-order valence-corrected chi connectivity index (χ2v) is 16.6. The number of hydrogen-bond donors (Lipinski definition) is 0. The molecule has 0 spiro atoms. The third-order valence-corrected chi connectivity index (χ3v) is 12.7. The standard InChI is InChI=1S/C62H38N4/c63-39-50-33-32-46(41-28-30-44(31-29-41)61-64-60(43-16-5-2-6-17-43)65-62(66-61)49-22-11-19-45(36-49)40-14-3-1-4-15-40)38-57(50)53-24-8-7-23-51(53)47-20-12-21-48(37-47)52-35-34-42-18-13-27-55-54-25-9-10-26-56(54)59(52)58(42)55/h1-38H. The number of nitrogens with zero attached hydrogens (tertiary/aromatic N) is 4. The topological polar surface area (TPSA) is 62.5 Å². The van der Waals surface area contributed by atoms with Crippen molar-refractivity contribution in [3.05, 3.63) is 236 Å². The van der Waals surface area contributed by atoms with E-state index in [1.165, 1.54) is 38.6 Å². The van der Waals surface area contributed by atoms with Gasteiger partial charge in [-0.15, -0.1) is 0 Å². The highest BCUT2D eigenvalue weighted by molar-refractivity contribution is 6.19. The lowest BCUT2D eigenvalue weighted by Crippen LogP contribution is -2.00. The number of nitriles is 1. The Bertz CT molecular complexity index is 3700. The zero-order valence-electron chi connectivity index (χ0n) is 35.7. The predicted octanol–water partition coefficient (Wildman–Crippen LogP) is 15.9. The molecule has 4 heteroatoms. The summed E-state index contributed by atoms with van der Waals surface area (Å²) in [5.74, 6) is 1.81. The minimum absolute atomic E-state index is 0.592. The molecule has 0 saturated carbocycles. The molecule has 12 rings (SSSR count). The molecule has 0 fully saturated rings. The van der Waals surface area contributed by atoms with E-state index in [4.69, 9.17) is 15.0 Å². The van der Waals surface area contributed by atoms with Crippen LogP contribution in [0, 0.1) is 11.3 Å². The van der Waals surface area contributed by atoms with Gasteiger partial charge in [0.1, 0.15) is 0 Å². The summed E-state index contributed by atoms with van der Waals surface area (Å²) in [7, 11) is 0. The summed E-state index contributed by atoms with van der Waals surface area (Å²) in [6.45, 7) is 0. The summed E-state index contributed by atoms with van der Waals surface area (Å²) in [6, 6.07) is 82.8. The van der Waals surface area contributed by atoms with Crippen molar-refractivity contribution in [2.45, 2.75) is 0 Å². The Morgan fingerprint density at radius 3 is 1.44 bits per heavy atom. The molecule has 0 N–H and O–H groups in total. The van der Waals surface area contributed by atoms with Gasteiger partial charge in [0, 0.05) is 22.3 Å². The molecule has 1 aliphatic rings. The van der Waals surface area contributed by atoms with Crippen LogP contribution in [0.2, 0.25) is 0 Å². The molecule has 4 nitrogen and oxygen atoms in total. The molecule has 1 heterocycles. The Morgan fingerprint density at radius 2 is 0.727 bits per heavy atom. The first-order valence-corrected chi connectivity index (χ1v) is 22.1. The number of fused-ring (bicyclic) bond motifs is 3. The largest absolute Gasteiger partial charge is 0.208 e. The summed E-state index contributed by atoms with van der Waals surface area (Å²) in [6.07, 6.45) is 0. The van der Waals surface area contributed by atoms with Crippen molar-refractivity contribution >= 4 is 10.8 Å². The highest BCUT2D eigenvalue weighted by atomic mass is 15.0. The molecule has 66 heavy (non-hydrogen) atoms. The molecule has 0 aliphatic heterocycles. The number of hydrogen-bond acceptors (Lipinski definition) is 4. The highest BCUT2D eigenvalue weighted by Gasteiger charge is 2.24. The molecule has 1 aromatic heterocycles. The number of benzene rings is 10. The molecule has 1 aliphatic carbocycles. The van der Waals surface area contributed by atoms with Crippen molar-refractivity contribution in [2.24, 2.45) is 0 Å². The maximum Gasteiger partial charge on any atom is 0.164 e. The van der Waals surface area contributed by atoms with E-state index in [1.54, 1.807) is 0 Å². The summed E-state index contributed by atoms with van der Waals surface area (Å²) >= 11 is 0. The summed E-state index contributed by atoms with van der Waals surface area (Å²) < 4.78 is 0. The first-order chi connectivity index (χ1) is 32.7. The Labute approximate surface area is 383 Å². The Hall–Kier alpha value is -9.04. The molecule has 0 unspecified atom stereocenters. The zero-order valence-corrected chi connectivity index (χ0v) is 35.7. The van der Waals surface area contributed by atoms with Gasteiger partial charge in [0.25, 0.3) is 0 Å². The minimum Gasteiger partial charge on any atom is -0.208 e. The quantitative estimate of drug-likeness (QED) is 0.153. The van der Waals surface area contributed by atoms with Gasteiger partial charge < -0.3 is 0 Å². The first-order valence-electron chi connectivity index (χ1n) is 22.1. The Morgan fingerprint density at radius 1 is 0.273 bits per heavy atom. The fraction of sp³-hybridized carbons (Fsp3) is 0. The van der Waals surface area contributed by atoms with Crippen LogP contribution in [-0.4, -0.2) is 15.0 Å². The van der Waals surface area contributed by atoms with Crippen LogP contribution >= 0.6 is 0 Å². The molecule has 0 radical (unpaired) electrons. The molecule has 0 amide bonds. The van der Waals surface area contributed by atoms with E-state index in [1.807, 2.05) is 60.7 Å². The Kier molecular flexibility index (Phi) is 9.51. The van der Waals surface area contributed by atoms with Crippen LogP contribution in [0.3, 0.4) is 0 Å². The monoisotopic (exact) mass is 838 g/mol. The van der Waals surface area contributed by atoms with Crippen LogP contribution < -0.4 is 0 Å². The fourth-order valence-electron chi connectivity index (χ4n) is 9.56. The smallest absolute Gasteiger partial charge is 0.164 e. The third kappa shape index (κ3) is 6.84. The lowest BCUT2D eigenvalue weighted by Gasteiger charge is -2.15. The van der Waals surface area contributed by atoms with E-state index < -0.39 is 0 Å². The van der Waals surface area contributed by atoms with Gasteiger partial charge in [-0.25, -0.2) is 15.0 Å². The zero-order chi connectivity index (χ0) is 44.0. The lowest BCUT2D eigenvalue weighted by atomic mass is 9.88. The van der Waals surface area contributed by atoms with Gasteiger partial charge in [0.05, 0.1) is 11.6 Å². The maximum absolute atomic E-state index is 10.5. The van der Waals surface area contributed by atoms with Crippen LogP contribution in [0.15, 0.2) is 231 Å². The molecular weight excluding hydrogens is 801 g/mol. The summed E-state index contributed by atoms with van der Waals surface area (Å²) in [5, 5.41) is 13.1. The van der Waals surface area contributed by atoms with Gasteiger partial charge in [-0.1, -0.05) is 206 Å². The van der Waals surface area contributed by atoms with Crippen molar-refractivity contribution < 1.29 is 0 Å². The Balaban J connectivity index is 0.904. The second-order valence-electron chi connectivity index (χ2n) is 16.6. The first kappa shape index (κ1) is 38.6. The van der Waals surface area contributed by atoms with Crippen LogP contribution in [0.1, 0.15) is 5.56 Å². The lowest BCUT2D eigenvalue weighted by molar-refractivity contribution is 1.07. The maximum atomic E-state index is 10.5. The van der Waals surface area contributed by atoms with E-state index in [9.17, 15) is 5.26 Å². The molecule has 306 valence electrons. The summed E-state index contributed by atoms with van der Waals surface area (Å²) in [4.78, 5) is 15.0. The van der Waals surface area contributed by atoms with E-state index in [2.05, 4.69) is 176 Å². The van der Waals surface area contributed by atoms with Gasteiger partial charge in [0.2, 0.25) is 0 Å². The van der Waals surface area contributed by atoms with Gasteiger partial charge in [-0.2, -0.15) is 5.26 Å². The average molecular weight is 839 g/mol. The second kappa shape index (κ2) is 16.3. The van der Waals surface area contributed by atoms with E-state index >= 15 is 0 Å². The average Bonchev–Trinajstić information content (AvgIpc) is 3.74. The van der Waals surface area contributed by atoms with Gasteiger partial charge in [-0.05, 0) is 107 Å². The van der Waals surface area contributed by atoms with Gasteiger partial charge in [0.15, 0.2) is 17.5 Å². The molecule has 0 atom stereocenters. The van der Waals surface area contributed by atoms with Gasteiger partial charge >= 0.3 is 0 Å². The predicted molar refractivity (Wildman–Crippen MR) is 270 cm³/mol.